The van der Waals surface area contributed by atoms with Crippen molar-refractivity contribution in [1.82, 2.24) is 5.32 Å². The van der Waals surface area contributed by atoms with Crippen LogP contribution in [0.3, 0.4) is 0 Å². The Morgan fingerprint density at radius 1 is 1.25 bits per heavy atom. The minimum absolute atomic E-state index is 0.0451. The summed E-state index contributed by atoms with van der Waals surface area (Å²) in [7, 11) is 0. The predicted octanol–water partition coefficient (Wildman–Crippen LogP) is 3.47. The lowest BCUT2D eigenvalue weighted by molar-refractivity contribution is 0.379. The Labute approximate surface area is 100 Å². The van der Waals surface area contributed by atoms with Crippen LogP contribution < -0.4 is 5.32 Å². The minimum Gasteiger partial charge on any atom is -0.308 e. The summed E-state index contributed by atoms with van der Waals surface area (Å²) in [4.78, 5) is 0. The van der Waals surface area contributed by atoms with Crippen LogP contribution in [0.1, 0.15) is 25.3 Å². The molecule has 1 aliphatic rings. The molecule has 1 aliphatic heterocycles. The van der Waals surface area contributed by atoms with Gasteiger partial charge in [-0.05, 0) is 48.3 Å². The molecule has 0 saturated carbocycles. The first-order valence-corrected chi connectivity index (χ1v) is 5.83. The highest BCUT2D eigenvalue weighted by Crippen LogP contribution is 2.35. The van der Waals surface area contributed by atoms with Crippen LogP contribution in [0, 0.1) is 17.5 Å². The summed E-state index contributed by atoms with van der Waals surface area (Å²) in [6.07, 6.45) is 1.61. The van der Waals surface area contributed by atoms with Gasteiger partial charge in [-0.3, -0.25) is 0 Å². The first-order chi connectivity index (χ1) is 7.46. The molecule has 2 rings (SSSR count). The van der Waals surface area contributed by atoms with Gasteiger partial charge in [0.2, 0.25) is 0 Å². The number of nitrogens with one attached hydrogen (secondary N) is 1. The van der Waals surface area contributed by atoms with Gasteiger partial charge < -0.3 is 5.32 Å². The summed E-state index contributed by atoms with van der Waals surface area (Å²) in [5.41, 5.74) is -0.433. The standard InChI is InChI=1S/C11H11BrF3N/c1-11(3-2-4-16-11)6-5-7(12)9(14)10(15)8(6)13/h5,16H,2-4H2,1H3. The van der Waals surface area contributed by atoms with Crippen molar-refractivity contribution in [2.75, 3.05) is 6.54 Å². The Hall–Kier alpha value is -0.550. The predicted molar refractivity (Wildman–Crippen MR) is 58.6 cm³/mol. The zero-order valence-corrected chi connectivity index (χ0v) is 10.3. The first-order valence-electron chi connectivity index (χ1n) is 5.04. The zero-order chi connectivity index (χ0) is 11.9. The van der Waals surface area contributed by atoms with Gasteiger partial charge in [0, 0.05) is 11.1 Å². The molecular weight excluding hydrogens is 283 g/mol. The fourth-order valence-electron chi connectivity index (χ4n) is 2.10. The zero-order valence-electron chi connectivity index (χ0n) is 8.71. The van der Waals surface area contributed by atoms with Gasteiger partial charge in [0.05, 0.1) is 4.47 Å². The van der Waals surface area contributed by atoms with E-state index in [0.29, 0.717) is 6.42 Å². The van der Waals surface area contributed by atoms with Crippen LogP contribution in [0.4, 0.5) is 13.2 Å². The van der Waals surface area contributed by atoms with E-state index in [-0.39, 0.29) is 10.0 Å². The topological polar surface area (TPSA) is 12.0 Å². The van der Waals surface area contributed by atoms with Crippen molar-refractivity contribution in [2.45, 2.75) is 25.3 Å². The minimum atomic E-state index is -1.42. The van der Waals surface area contributed by atoms with E-state index in [2.05, 4.69) is 21.2 Å². The molecule has 1 N–H and O–H groups in total. The Morgan fingerprint density at radius 2 is 1.94 bits per heavy atom. The van der Waals surface area contributed by atoms with Crippen LogP contribution in [0.5, 0.6) is 0 Å². The number of halogens is 4. The van der Waals surface area contributed by atoms with E-state index in [9.17, 15) is 13.2 Å². The van der Waals surface area contributed by atoms with E-state index in [1.165, 1.54) is 6.07 Å². The molecule has 1 heterocycles. The monoisotopic (exact) mass is 293 g/mol. The van der Waals surface area contributed by atoms with Crippen LogP contribution in [-0.2, 0) is 5.54 Å². The van der Waals surface area contributed by atoms with E-state index in [1.54, 1.807) is 6.92 Å². The molecule has 1 unspecified atom stereocenters. The molecule has 0 aliphatic carbocycles. The van der Waals surface area contributed by atoms with Crippen LogP contribution >= 0.6 is 15.9 Å². The lowest BCUT2D eigenvalue weighted by Crippen LogP contribution is -2.34. The molecule has 1 aromatic carbocycles. The molecule has 88 valence electrons. The van der Waals surface area contributed by atoms with Crippen molar-refractivity contribution >= 4 is 15.9 Å². The molecule has 1 atom stereocenters. The second kappa shape index (κ2) is 4.04. The quantitative estimate of drug-likeness (QED) is 0.618. The van der Waals surface area contributed by atoms with Gasteiger partial charge in [0.15, 0.2) is 17.5 Å². The van der Waals surface area contributed by atoms with Crippen molar-refractivity contribution in [3.8, 4) is 0 Å². The lowest BCUT2D eigenvalue weighted by Gasteiger charge is -2.26. The first kappa shape index (κ1) is 11.9. The summed E-state index contributed by atoms with van der Waals surface area (Å²) in [6, 6.07) is 1.31. The fraction of sp³-hybridized carbons (Fsp3) is 0.455. The number of hydrogen-bond acceptors (Lipinski definition) is 1. The third kappa shape index (κ3) is 1.76. The van der Waals surface area contributed by atoms with Gasteiger partial charge in [-0.1, -0.05) is 0 Å². The number of benzene rings is 1. The van der Waals surface area contributed by atoms with Gasteiger partial charge in [0.25, 0.3) is 0 Å². The van der Waals surface area contributed by atoms with Crippen molar-refractivity contribution in [1.29, 1.82) is 0 Å². The van der Waals surface area contributed by atoms with Gasteiger partial charge >= 0.3 is 0 Å². The maximum Gasteiger partial charge on any atom is 0.195 e. The Balaban J connectivity index is 2.57. The third-order valence-corrected chi connectivity index (χ3v) is 3.64. The normalized spacial score (nSPS) is 25.1. The smallest absolute Gasteiger partial charge is 0.195 e. The average Bonchev–Trinajstić information content (AvgIpc) is 2.68. The lowest BCUT2D eigenvalue weighted by atomic mass is 9.90. The highest BCUT2D eigenvalue weighted by Gasteiger charge is 2.35. The van der Waals surface area contributed by atoms with Gasteiger partial charge in [0.1, 0.15) is 0 Å². The molecule has 16 heavy (non-hydrogen) atoms. The summed E-state index contributed by atoms with van der Waals surface area (Å²) in [6.45, 7) is 2.55. The Kier molecular flexibility index (Phi) is 3.01. The maximum atomic E-state index is 13.7. The van der Waals surface area contributed by atoms with Crippen molar-refractivity contribution in [3.05, 3.63) is 33.6 Å². The molecule has 0 spiro atoms. The molecule has 0 amide bonds. The maximum absolute atomic E-state index is 13.7. The Bertz CT molecular complexity index is 428. The van der Waals surface area contributed by atoms with E-state index in [0.717, 1.165) is 13.0 Å². The van der Waals surface area contributed by atoms with Crippen LogP contribution in [0.2, 0.25) is 0 Å². The summed E-state index contributed by atoms with van der Waals surface area (Å²) >= 11 is 2.89. The van der Waals surface area contributed by atoms with E-state index in [4.69, 9.17) is 0 Å². The highest BCUT2D eigenvalue weighted by molar-refractivity contribution is 9.10. The molecule has 1 nitrogen and oxygen atoms in total. The van der Waals surface area contributed by atoms with E-state index >= 15 is 0 Å². The van der Waals surface area contributed by atoms with Crippen molar-refractivity contribution < 1.29 is 13.2 Å². The van der Waals surface area contributed by atoms with Crippen LogP contribution in [-0.4, -0.2) is 6.54 Å². The average molecular weight is 294 g/mol. The van der Waals surface area contributed by atoms with E-state index < -0.39 is 23.0 Å². The van der Waals surface area contributed by atoms with Crippen molar-refractivity contribution in [3.63, 3.8) is 0 Å². The molecule has 1 aromatic rings. The van der Waals surface area contributed by atoms with Gasteiger partial charge in [-0.2, -0.15) is 0 Å². The molecule has 0 radical (unpaired) electrons. The van der Waals surface area contributed by atoms with Gasteiger partial charge in [-0.15, -0.1) is 0 Å². The fourth-order valence-corrected chi connectivity index (χ4v) is 2.50. The second-order valence-electron chi connectivity index (χ2n) is 4.21. The summed E-state index contributed by atoms with van der Waals surface area (Å²) in [5, 5.41) is 3.11. The summed E-state index contributed by atoms with van der Waals surface area (Å²) in [5.74, 6) is -3.69. The molecule has 0 bridgehead atoms. The third-order valence-electron chi connectivity index (χ3n) is 3.07. The van der Waals surface area contributed by atoms with Crippen LogP contribution in [0.15, 0.2) is 10.5 Å². The van der Waals surface area contributed by atoms with Crippen molar-refractivity contribution in [2.24, 2.45) is 0 Å². The molecule has 1 saturated heterocycles. The number of hydrogen-bond donors (Lipinski definition) is 1. The second-order valence-corrected chi connectivity index (χ2v) is 5.06. The highest BCUT2D eigenvalue weighted by atomic mass is 79.9. The molecule has 1 fully saturated rings. The SMILES string of the molecule is CC1(c2cc(Br)c(F)c(F)c2F)CCCN1. The van der Waals surface area contributed by atoms with Gasteiger partial charge in [-0.25, -0.2) is 13.2 Å². The Morgan fingerprint density at radius 3 is 2.50 bits per heavy atom. The number of rotatable bonds is 1. The van der Waals surface area contributed by atoms with Crippen LogP contribution in [0.25, 0.3) is 0 Å². The molecule has 0 aromatic heterocycles. The van der Waals surface area contributed by atoms with E-state index in [1.807, 2.05) is 0 Å². The largest absolute Gasteiger partial charge is 0.308 e. The molecule has 5 heteroatoms. The summed E-state index contributed by atoms with van der Waals surface area (Å²) < 4.78 is 40.0. The molecular formula is C11H11BrF3N.